The second kappa shape index (κ2) is 6.73. The molecule has 1 saturated heterocycles. The Morgan fingerprint density at radius 3 is 2.63 bits per heavy atom. The first-order valence-corrected chi connectivity index (χ1v) is 6.96. The van der Waals surface area contributed by atoms with Crippen LogP contribution in [0.15, 0.2) is 17.1 Å². The Morgan fingerprint density at radius 1 is 1.21 bits per heavy atom. The van der Waals surface area contributed by atoms with E-state index in [1.807, 2.05) is 4.57 Å². The van der Waals surface area contributed by atoms with E-state index in [9.17, 15) is 9.90 Å². The lowest BCUT2D eigenvalue weighted by Gasteiger charge is -2.27. The van der Waals surface area contributed by atoms with Gasteiger partial charge >= 0.3 is 0 Å². The molecule has 1 fully saturated rings. The van der Waals surface area contributed by atoms with Crippen molar-refractivity contribution in [1.29, 1.82) is 0 Å². The van der Waals surface area contributed by atoms with Gasteiger partial charge in [0.05, 0.1) is 6.20 Å². The number of aliphatic hydroxyl groups excluding tert-OH is 1. The second-order valence-corrected chi connectivity index (χ2v) is 5.12. The van der Waals surface area contributed by atoms with Crippen LogP contribution in [0.2, 0.25) is 0 Å². The molecule has 19 heavy (non-hydrogen) atoms. The Hall–Kier alpha value is -1.33. The fraction of sp³-hybridized carbons (Fsp3) is 0.643. The van der Waals surface area contributed by atoms with Gasteiger partial charge in [0, 0.05) is 31.5 Å². The first-order chi connectivity index (χ1) is 9.20. The van der Waals surface area contributed by atoms with Crippen molar-refractivity contribution in [3.05, 3.63) is 28.2 Å². The maximum absolute atomic E-state index is 11.6. The summed E-state index contributed by atoms with van der Waals surface area (Å²) in [7, 11) is 0. The van der Waals surface area contributed by atoms with Gasteiger partial charge in [0.1, 0.15) is 0 Å². The van der Waals surface area contributed by atoms with Gasteiger partial charge in [-0.1, -0.05) is 6.42 Å². The minimum atomic E-state index is -0.327. The van der Waals surface area contributed by atoms with Crippen molar-refractivity contribution in [1.82, 2.24) is 9.47 Å². The average Bonchev–Trinajstić information content (AvgIpc) is 2.42. The normalized spacial score (nSPS) is 16.7. The summed E-state index contributed by atoms with van der Waals surface area (Å²) < 4.78 is 1.88. The van der Waals surface area contributed by atoms with E-state index in [1.165, 1.54) is 31.5 Å². The van der Waals surface area contributed by atoms with Crippen molar-refractivity contribution in [3.63, 3.8) is 0 Å². The van der Waals surface area contributed by atoms with Crippen LogP contribution >= 0.6 is 0 Å². The summed E-state index contributed by atoms with van der Waals surface area (Å²) in [6, 6.07) is 1.52. The van der Waals surface area contributed by atoms with E-state index in [1.54, 1.807) is 0 Å². The summed E-state index contributed by atoms with van der Waals surface area (Å²) >= 11 is 0. The van der Waals surface area contributed by atoms with Gasteiger partial charge in [-0.25, -0.2) is 0 Å². The molecule has 2 heterocycles. The van der Waals surface area contributed by atoms with E-state index in [-0.39, 0.29) is 17.8 Å². The lowest BCUT2D eigenvalue weighted by Crippen LogP contribution is -2.31. The Morgan fingerprint density at radius 2 is 1.95 bits per heavy atom. The number of piperidine rings is 1. The fourth-order valence-corrected chi connectivity index (χ4v) is 2.53. The molecule has 2 N–H and O–H groups in total. The number of nitrogens with zero attached hydrogens (tertiary/aromatic N) is 2. The van der Waals surface area contributed by atoms with Crippen molar-refractivity contribution in [2.75, 3.05) is 19.7 Å². The van der Waals surface area contributed by atoms with Crippen LogP contribution in [0.3, 0.4) is 0 Å². The minimum Gasteiger partial charge on any atom is -0.503 e. The van der Waals surface area contributed by atoms with Gasteiger partial charge in [-0.3, -0.25) is 9.69 Å². The quantitative estimate of drug-likeness (QED) is 0.832. The predicted octanol–water partition coefficient (Wildman–Crippen LogP) is 0.922. The summed E-state index contributed by atoms with van der Waals surface area (Å²) in [6.07, 6.45) is 5.80. The zero-order chi connectivity index (χ0) is 13.7. The zero-order valence-corrected chi connectivity index (χ0v) is 11.2. The van der Waals surface area contributed by atoms with E-state index in [4.69, 9.17) is 5.11 Å². The molecule has 0 aromatic carbocycles. The summed E-state index contributed by atoms with van der Waals surface area (Å²) in [5, 5.41) is 18.4. The van der Waals surface area contributed by atoms with Crippen LogP contribution in [-0.2, 0) is 13.1 Å². The molecule has 1 aromatic heterocycles. The molecule has 5 nitrogen and oxygen atoms in total. The van der Waals surface area contributed by atoms with Gasteiger partial charge in [0.15, 0.2) is 5.75 Å². The summed E-state index contributed by atoms with van der Waals surface area (Å²) in [5.74, 6) is -0.222. The van der Waals surface area contributed by atoms with E-state index >= 15 is 0 Å². The number of aryl methyl sites for hydroxylation is 1. The number of aromatic nitrogens is 1. The zero-order valence-electron chi connectivity index (χ0n) is 11.2. The fourth-order valence-electron chi connectivity index (χ4n) is 2.53. The molecule has 0 saturated carbocycles. The molecule has 1 aliphatic rings. The molecule has 0 spiro atoms. The maximum Gasteiger partial charge on any atom is 0.223 e. The molecule has 0 bridgehead atoms. The largest absolute Gasteiger partial charge is 0.503 e. The second-order valence-electron chi connectivity index (χ2n) is 5.12. The number of hydrogen-bond acceptors (Lipinski definition) is 4. The molecular formula is C14H22N2O3. The molecule has 106 valence electrons. The predicted molar refractivity (Wildman–Crippen MR) is 73.2 cm³/mol. The molecule has 0 radical (unpaired) electrons. The third-order valence-corrected chi connectivity index (χ3v) is 3.59. The van der Waals surface area contributed by atoms with Crippen molar-refractivity contribution in [3.8, 4) is 5.75 Å². The third-order valence-electron chi connectivity index (χ3n) is 3.59. The van der Waals surface area contributed by atoms with Crippen LogP contribution in [-0.4, -0.2) is 39.4 Å². The van der Waals surface area contributed by atoms with Gasteiger partial charge in [-0.15, -0.1) is 0 Å². The first kappa shape index (κ1) is 14.1. The molecule has 1 aliphatic heterocycles. The van der Waals surface area contributed by atoms with Gasteiger partial charge < -0.3 is 14.8 Å². The highest BCUT2D eigenvalue weighted by atomic mass is 16.3. The van der Waals surface area contributed by atoms with E-state index in [0.29, 0.717) is 13.0 Å². The summed E-state index contributed by atoms with van der Waals surface area (Å²) in [6.45, 7) is 3.59. The number of pyridine rings is 1. The van der Waals surface area contributed by atoms with E-state index in [2.05, 4.69) is 4.90 Å². The van der Waals surface area contributed by atoms with E-state index < -0.39 is 0 Å². The van der Waals surface area contributed by atoms with E-state index in [0.717, 1.165) is 25.3 Å². The molecule has 0 atom stereocenters. The SMILES string of the molecule is O=c1cc(CN2CCCCC2)n(CCCO)cc1O. The monoisotopic (exact) mass is 266 g/mol. The van der Waals surface area contributed by atoms with Crippen molar-refractivity contribution >= 4 is 0 Å². The Balaban J connectivity index is 2.15. The lowest BCUT2D eigenvalue weighted by molar-refractivity contribution is 0.213. The number of rotatable bonds is 5. The van der Waals surface area contributed by atoms with Crippen LogP contribution in [0.5, 0.6) is 5.75 Å². The smallest absolute Gasteiger partial charge is 0.223 e. The highest BCUT2D eigenvalue weighted by Crippen LogP contribution is 2.14. The van der Waals surface area contributed by atoms with Crippen LogP contribution < -0.4 is 5.43 Å². The van der Waals surface area contributed by atoms with Crippen LogP contribution in [0.25, 0.3) is 0 Å². The van der Waals surface area contributed by atoms with Crippen LogP contribution in [0.4, 0.5) is 0 Å². The van der Waals surface area contributed by atoms with Gasteiger partial charge in [0.25, 0.3) is 0 Å². The molecular weight excluding hydrogens is 244 g/mol. The standard InChI is InChI=1S/C14H22N2O3/c17-8-4-7-16-11-14(19)13(18)9-12(16)10-15-5-2-1-3-6-15/h9,11,17,19H,1-8,10H2. The average molecular weight is 266 g/mol. The summed E-state index contributed by atoms with van der Waals surface area (Å²) in [4.78, 5) is 13.9. The number of hydrogen-bond donors (Lipinski definition) is 2. The highest BCUT2D eigenvalue weighted by molar-refractivity contribution is 5.20. The topological polar surface area (TPSA) is 65.7 Å². The van der Waals surface area contributed by atoms with Crippen LogP contribution in [0, 0.1) is 0 Å². The molecule has 5 heteroatoms. The Kier molecular flexibility index (Phi) is 4.99. The molecule has 1 aromatic rings. The molecule has 0 aliphatic carbocycles. The number of likely N-dealkylation sites (tertiary alicyclic amines) is 1. The summed E-state index contributed by atoms with van der Waals surface area (Å²) in [5.41, 5.74) is 0.588. The Labute approximate surface area is 113 Å². The van der Waals surface area contributed by atoms with Gasteiger partial charge in [-0.05, 0) is 32.4 Å². The molecule has 0 amide bonds. The lowest BCUT2D eigenvalue weighted by atomic mass is 10.1. The molecule has 2 rings (SSSR count). The first-order valence-electron chi connectivity index (χ1n) is 6.96. The van der Waals surface area contributed by atoms with Gasteiger partial charge in [-0.2, -0.15) is 0 Å². The maximum atomic E-state index is 11.6. The number of aliphatic hydroxyl groups is 1. The van der Waals surface area contributed by atoms with Gasteiger partial charge in [0.2, 0.25) is 5.43 Å². The molecule has 0 unspecified atom stereocenters. The third kappa shape index (κ3) is 3.81. The van der Waals surface area contributed by atoms with Crippen molar-refractivity contribution in [2.24, 2.45) is 0 Å². The van der Waals surface area contributed by atoms with Crippen molar-refractivity contribution < 1.29 is 10.2 Å². The van der Waals surface area contributed by atoms with Crippen LogP contribution in [0.1, 0.15) is 31.4 Å². The highest BCUT2D eigenvalue weighted by Gasteiger charge is 2.13. The Bertz CT molecular complexity index is 464. The number of aromatic hydroxyl groups is 1. The van der Waals surface area contributed by atoms with Crippen molar-refractivity contribution in [2.45, 2.75) is 38.8 Å². The minimum absolute atomic E-state index is 0.107.